The zero-order valence-electron chi connectivity index (χ0n) is 9.42. The van der Waals surface area contributed by atoms with Crippen LogP contribution in [0.2, 0.25) is 5.02 Å². The highest BCUT2D eigenvalue weighted by Crippen LogP contribution is 2.41. The standard InChI is InChI=1S/C13H14BrClN2/c14-13-12(15)5-9(6-17-13)10-2-1-8-3-4-16-7-11(8)10/h2,5-6,8,11,16H,1,3-4,7H2/t8-,11+/m1/s1. The van der Waals surface area contributed by atoms with Crippen molar-refractivity contribution in [3.8, 4) is 0 Å². The molecule has 0 bridgehead atoms. The molecule has 2 heterocycles. The highest BCUT2D eigenvalue weighted by Gasteiger charge is 2.32. The largest absolute Gasteiger partial charge is 0.316 e. The van der Waals surface area contributed by atoms with Crippen LogP contribution in [0.5, 0.6) is 0 Å². The maximum atomic E-state index is 6.12. The Kier molecular flexibility index (Phi) is 3.24. The quantitative estimate of drug-likeness (QED) is 0.803. The molecule has 0 saturated carbocycles. The van der Waals surface area contributed by atoms with Crippen molar-refractivity contribution in [2.24, 2.45) is 11.8 Å². The van der Waals surface area contributed by atoms with Crippen LogP contribution in [0.25, 0.3) is 5.57 Å². The highest BCUT2D eigenvalue weighted by atomic mass is 79.9. The average molecular weight is 314 g/mol. The van der Waals surface area contributed by atoms with Crippen molar-refractivity contribution >= 4 is 33.1 Å². The van der Waals surface area contributed by atoms with Crippen LogP contribution < -0.4 is 5.32 Å². The Hall–Kier alpha value is -0.380. The summed E-state index contributed by atoms with van der Waals surface area (Å²) >= 11 is 9.45. The van der Waals surface area contributed by atoms with Gasteiger partial charge in [-0.3, -0.25) is 0 Å². The molecule has 0 amide bonds. The van der Waals surface area contributed by atoms with Crippen LogP contribution >= 0.6 is 27.5 Å². The molecule has 1 aromatic rings. The smallest absolute Gasteiger partial charge is 0.124 e. The molecule has 17 heavy (non-hydrogen) atoms. The van der Waals surface area contributed by atoms with E-state index in [-0.39, 0.29) is 0 Å². The first-order chi connectivity index (χ1) is 8.25. The predicted octanol–water partition coefficient (Wildman–Crippen LogP) is 3.51. The second-order valence-electron chi connectivity index (χ2n) is 4.75. The van der Waals surface area contributed by atoms with E-state index in [9.17, 15) is 0 Å². The lowest BCUT2D eigenvalue weighted by Gasteiger charge is -2.28. The van der Waals surface area contributed by atoms with Gasteiger partial charge in [-0.15, -0.1) is 0 Å². The molecule has 0 aromatic carbocycles. The molecule has 0 unspecified atom stereocenters. The van der Waals surface area contributed by atoms with Crippen molar-refractivity contribution in [3.05, 3.63) is 33.5 Å². The first-order valence-electron chi connectivity index (χ1n) is 5.98. The number of aromatic nitrogens is 1. The number of rotatable bonds is 1. The molecule has 2 aliphatic rings. The highest BCUT2D eigenvalue weighted by molar-refractivity contribution is 9.10. The molecule has 4 heteroatoms. The molecule has 1 saturated heterocycles. The maximum absolute atomic E-state index is 6.12. The third-order valence-corrected chi connectivity index (χ3v) is 4.94. The Morgan fingerprint density at radius 3 is 3.18 bits per heavy atom. The lowest BCUT2D eigenvalue weighted by molar-refractivity contribution is 0.328. The van der Waals surface area contributed by atoms with E-state index in [4.69, 9.17) is 11.6 Å². The third kappa shape index (κ3) is 2.16. The molecule has 2 atom stereocenters. The lowest BCUT2D eigenvalue weighted by atomic mass is 9.84. The van der Waals surface area contributed by atoms with Gasteiger partial charge in [-0.2, -0.15) is 0 Å². The van der Waals surface area contributed by atoms with Crippen LogP contribution in [-0.4, -0.2) is 18.1 Å². The molecule has 3 rings (SSSR count). The van der Waals surface area contributed by atoms with Gasteiger partial charge in [-0.1, -0.05) is 17.7 Å². The summed E-state index contributed by atoms with van der Waals surface area (Å²) in [6.07, 6.45) is 6.76. The van der Waals surface area contributed by atoms with Crippen LogP contribution in [0, 0.1) is 11.8 Å². The Bertz CT molecular complexity index is 472. The van der Waals surface area contributed by atoms with Gasteiger partial charge >= 0.3 is 0 Å². The van der Waals surface area contributed by atoms with Crippen LogP contribution in [0.3, 0.4) is 0 Å². The van der Waals surface area contributed by atoms with Crippen LogP contribution in [0.15, 0.2) is 22.9 Å². The van der Waals surface area contributed by atoms with Gasteiger partial charge in [0.25, 0.3) is 0 Å². The fourth-order valence-corrected chi connectivity index (χ4v) is 3.28. The number of halogens is 2. The minimum atomic E-state index is 0.641. The fraction of sp³-hybridized carbons (Fsp3) is 0.462. The third-order valence-electron chi connectivity index (χ3n) is 3.79. The van der Waals surface area contributed by atoms with Crippen molar-refractivity contribution in [2.45, 2.75) is 12.8 Å². The number of nitrogens with zero attached hydrogens (tertiary/aromatic N) is 1. The fourth-order valence-electron chi connectivity index (χ4n) is 2.90. The van der Waals surface area contributed by atoms with Crippen molar-refractivity contribution in [2.75, 3.05) is 13.1 Å². The topological polar surface area (TPSA) is 24.9 Å². The van der Waals surface area contributed by atoms with E-state index in [2.05, 4.69) is 32.3 Å². The number of allylic oxidation sites excluding steroid dienone is 1. The predicted molar refractivity (Wildman–Crippen MR) is 74.0 cm³/mol. The van der Waals surface area contributed by atoms with Gasteiger partial charge in [0.1, 0.15) is 4.60 Å². The number of pyridine rings is 1. The summed E-state index contributed by atoms with van der Waals surface area (Å²) < 4.78 is 0.722. The van der Waals surface area contributed by atoms with Crippen molar-refractivity contribution in [1.82, 2.24) is 10.3 Å². The summed E-state index contributed by atoms with van der Waals surface area (Å²) in [5, 5.41) is 4.17. The molecule has 1 aromatic heterocycles. The van der Waals surface area contributed by atoms with Crippen molar-refractivity contribution in [3.63, 3.8) is 0 Å². The molecule has 2 nitrogen and oxygen atoms in total. The molecule has 1 aliphatic carbocycles. The molecular formula is C13H14BrClN2. The van der Waals surface area contributed by atoms with E-state index in [0.29, 0.717) is 10.9 Å². The summed E-state index contributed by atoms with van der Waals surface area (Å²) in [6, 6.07) is 2.02. The van der Waals surface area contributed by atoms with Crippen LogP contribution in [0.4, 0.5) is 0 Å². The van der Waals surface area contributed by atoms with Crippen LogP contribution in [-0.2, 0) is 0 Å². The van der Waals surface area contributed by atoms with Crippen molar-refractivity contribution in [1.29, 1.82) is 0 Å². The number of hydrogen-bond donors (Lipinski definition) is 1. The average Bonchev–Trinajstić information content (AvgIpc) is 2.76. The SMILES string of the molecule is Clc1cc(C2=CC[C@@H]3CCNC[C@H]23)cnc1Br. The van der Waals surface area contributed by atoms with E-state index in [1.807, 2.05) is 12.3 Å². The molecule has 1 N–H and O–H groups in total. The van der Waals surface area contributed by atoms with Crippen molar-refractivity contribution < 1.29 is 0 Å². The first kappa shape index (κ1) is 11.7. The molecule has 0 radical (unpaired) electrons. The summed E-state index contributed by atoms with van der Waals surface area (Å²) in [5.41, 5.74) is 2.60. The number of hydrogen-bond acceptors (Lipinski definition) is 2. The van der Waals surface area contributed by atoms with Gasteiger partial charge < -0.3 is 5.32 Å². The van der Waals surface area contributed by atoms with Gasteiger partial charge in [0.05, 0.1) is 5.02 Å². The molecule has 1 aliphatic heterocycles. The Labute approximate surface area is 115 Å². The summed E-state index contributed by atoms with van der Waals surface area (Å²) in [4.78, 5) is 4.28. The minimum Gasteiger partial charge on any atom is -0.316 e. The molecular weight excluding hydrogens is 300 g/mol. The van der Waals surface area contributed by atoms with Gasteiger partial charge in [-0.05, 0) is 64.4 Å². The molecule has 0 spiro atoms. The van der Waals surface area contributed by atoms with E-state index in [1.54, 1.807) is 0 Å². The van der Waals surface area contributed by atoms with Gasteiger partial charge in [0.2, 0.25) is 0 Å². The second kappa shape index (κ2) is 4.71. The maximum Gasteiger partial charge on any atom is 0.124 e. The first-order valence-corrected chi connectivity index (χ1v) is 7.15. The molecule has 90 valence electrons. The summed E-state index contributed by atoms with van der Waals surface area (Å²) in [6.45, 7) is 2.24. The summed E-state index contributed by atoms with van der Waals surface area (Å²) in [5.74, 6) is 1.46. The van der Waals surface area contributed by atoms with E-state index in [1.165, 1.54) is 24.0 Å². The normalized spacial score (nSPS) is 27.8. The monoisotopic (exact) mass is 312 g/mol. The zero-order chi connectivity index (χ0) is 11.8. The Morgan fingerprint density at radius 2 is 2.35 bits per heavy atom. The zero-order valence-corrected chi connectivity index (χ0v) is 11.8. The van der Waals surface area contributed by atoms with E-state index < -0.39 is 0 Å². The van der Waals surface area contributed by atoms with Gasteiger partial charge in [0.15, 0.2) is 0 Å². The molecule has 1 fully saturated rings. The number of fused-ring (bicyclic) bond motifs is 1. The van der Waals surface area contributed by atoms with Gasteiger partial charge in [-0.25, -0.2) is 4.98 Å². The van der Waals surface area contributed by atoms with Crippen LogP contribution in [0.1, 0.15) is 18.4 Å². The van der Waals surface area contributed by atoms with Gasteiger partial charge in [0, 0.05) is 12.7 Å². The van der Waals surface area contributed by atoms with E-state index in [0.717, 1.165) is 23.6 Å². The lowest BCUT2D eigenvalue weighted by Crippen LogP contribution is -2.34. The van der Waals surface area contributed by atoms with E-state index >= 15 is 0 Å². The number of piperidine rings is 1. The summed E-state index contributed by atoms with van der Waals surface area (Å²) in [7, 11) is 0. The Morgan fingerprint density at radius 1 is 1.47 bits per heavy atom. The Balaban J connectivity index is 1.91. The second-order valence-corrected chi connectivity index (χ2v) is 5.91. The number of nitrogens with one attached hydrogen (secondary N) is 1. The minimum absolute atomic E-state index is 0.641.